The number of hydrazone groups is 1. The van der Waals surface area contributed by atoms with Gasteiger partial charge in [0.25, 0.3) is 15.7 Å². The molecule has 1 N–H and O–H groups in total. The van der Waals surface area contributed by atoms with Gasteiger partial charge in [0.15, 0.2) is 11.5 Å². The number of nitrogens with one attached hydrogen (secondary N) is 1. The van der Waals surface area contributed by atoms with E-state index in [1.54, 1.807) is 12.1 Å². The van der Waals surface area contributed by atoms with E-state index in [4.69, 9.17) is 9.47 Å². The number of nitrogens with zero attached hydrogens (tertiary/aromatic N) is 2. The highest BCUT2D eigenvalue weighted by Crippen LogP contribution is 2.33. The van der Waals surface area contributed by atoms with E-state index in [1.165, 1.54) is 38.5 Å². The number of nitro benzene ring substituents is 1. The molecule has 0 saturated heterocycles. The fourth-order valence-corrected chi connectivity index (χ4v) is 2.87. The van der Waals surface area contributed by atoms with Gasteiger partial charge in [0.1, 0.15) is 0 Å². The molecule has 2 aromatic rings. The van der Waals surface area contributed by atoms with Gasteiger partial charge in [-0.2, -0.15) is 13.5 Å². The third-order valence-electron chi connectivity index (χ3n) is 3.44. The molecule has 0 radical (unpaired) electrons. The zero-order valence-electron chi connectivity index (χ0n) is 14.3. The van der Waals surface area contributed by atoms with Gasteiger partial charge in [0.2, 0.25) is 0 Å². The number of benzene rings is 2. The molecule has 0 aliphatic carbocycles. The summed E-state index contributed by atoms with van der Waals surface area (Å²) in [6.07, 6.45) is 1.03. The van der Waals surface area contributed by atoms with Crippen molar-refractivity contribution in [3.8, 4) is 11.5 Å². The molecule has 2 aromatic carbocycles. The largest absolute Gasteiger partial charge is 0.493 e. The Balaban J connectivity index is 2.32. The summed E-state index contributed by atoms with van der Waals surface area (Å²) >= 11 is 0. The SMILES string of the molecule is COc1cc(C=NNS(=O)(=O)c2ccc(C)cc2)c([N+](=O)[O-])cc1OC. The lowest BCUT2D eigenvalue weighted by Crippen LogP contribution is -2.18. The second-order valence-corrected chi connectivity index (χ2v) is 6.85. The van der Waals surface area contributed by atoms with E-state index in [0.717, 1.165) is 11.8 Å². The minimum absolute atomic E-state index is 0.0297. The molecule has 9 nitrogen and oxygen atoms in total. The minimum Gasteiger partial charge on any atom is -0.493 e. The topological polar surface area (TPSA) is 120 Å². The van der Waals surface area contributed by atoms with Crippen molar-refractivity contribution in [2.45, 2.75) is 11.8 Å². The molecule has 2 rings (SSSR count). The highest BCUT2D eigenvalue weighted by atomic mass is 32.2. The van der Waals surface area contributed by atoms with Crippen LogP contribution in [0.25, 0.3) is 0 Å². The Labute approximate surface area is 150 Å². The van der Waals surface area contributed by atoms with E-state index in [2.05, 4.69) is 5.10 Å². The van der Waals surface area contributed by atoms with Crippen molar-refractivity contribution in [2.24, 2.45) is 5.10 Å². The number of hydrogen-bond acceptors (Lipinski definition) is 7. The molecule has 10 heteroatoms. The molecule has 0 unspecified atom stereocenters. The summed E-state index contributed by atoms with van der Waals surface area (Å²) in [4.78, 5) is 12.6. The lowest BCUT2D eigenvalue weighted by Gasteiger charge is -2.08. The number of nitro groups is 1. The van der Waals surface area contributed by atoms with Crippen LogP contribution in [-0.2, 0) is 10.0 Å². The number of aryl methyl sites for hydroxylation is 1. The van der Waals surface area contributed by atoms with Crippen LogP contribution in [0.5, 0.6) is 11.5 Å². The molecule has 0 heterocycles. The summed E-state index contributed by atoms with van der Waals surface area (Å²) in [6, 6.07) is 8.68. The van der Waals surface area contributed by atoms with E-state index in [-0.39, 0.29) is 27.6 Å². The van der Waals surface area contributed by atoms with Crippen molar-refractivity contribution in [3.05, 3.63) is 57.6 Å². The van der Waals surface area contributed by atoms with Crippen LogP contribution in [0.2, 0.25) is 0 Å². The second kappa shape index (κ2) is 7.83. The van der Waals surface area contributed by atoms with Crippen molar-refractivity contribution in [1.29, 1.82) is 0 Å². The predicted octanol–water partition coefficient (Wildman–Crippen LogP) is 2.23. The molecule has 0 saturated carbocycles. The Kier molecular flexibility index (Phi) is 5.78. The first kappa shape index (κ1) is 19.2. The first-order valence-corrected chi connectivity index (χ1v) is 8.78. The normalized spacial score (nSPS) is 11.3. The molecule has 0 aliphatic rings. The lowest BCUT2D eigenvalue weighted by molar-refractivity contribution is -0.385. The van der Waals surface area contributed by atoms with Gasteiger partial charge in [-0.25, -0.2) is 4.83 Å². The molecular formula is C16H17N3O6S. The Bertz CT molecular complexity index is 939. The van der Waals surface area contributed by atoms with Crippen LogP contribution in [0, 0.1) is 17.0 Å². The summed E-state index contributed by atoms with van der Waals surface area (Å²) in [5.41, 5.74) is 0.661. The van der Waals surface area contributed by atoms with Crippen molar-refractivity contribution < 1.29 is 22.8 Å². The Morgan fingerprint density at radius 1 is 1.12 bits per heavy atom. The first-order valence-electron chi connectivity index (χ1n) is 7.30. The fraction of sp³-hybridized carbons (Fsp3) is 0.188. The molecule has 0 amide bonds. The maximum Gasteiger partial charge on any atom is 0.282 e. The zero-order chi connectivity index (χ0) is 19.3. The van der Waals surface area contributed by atoms with Gasteiger partial charge >= 0.3 is 0 Å². The summed E-state index contributed by atoms with van der Waals surface area (Å²) in [7, 11) is -1.15. The minimum atomic E-state index is -3.88. The van der Waals surface area contributed by atoms with Crippen molar-refractivity contribution in [3.63, 3.8) is 0 Å². The average Bonchev–Trinajstić information content (AvgIpc) is 2.61. The average molecular weight is 379 g/mol. The fourth-order valence-electron chi connectivity index (χ4n) is 2.08. The van der Waals surface area contributed by atoms with Crippen LogP contribution in [-0.4, -0.2) is 33.8 Å². The maximum atomic E-state index is 12.2. The highest BCUT2D eigenvalue weighted by Gasteiger charge is 2.19. The number of sulfonamides is 1. The third-order valence-corrected chi connectivity index (χ3v) is 4.68. The van der Waals surface area contributed by atoms with Crippen molar-refractivity contribution in [1.82, 2.24) is 4.83 Å². The maximum absolute atomic E-state index is 12.2. The molecule has 26 heavy (non-hydrogen) atoms. The smallest absolute Gasteiger partial charge is 0.282 e. The highest BCUT2D eigenvalue weighted by molar-refractivity contribution is 7.89. The Morgan fingerprint density at radius 3 is 2.23 bits per heavy atom. The molecule has 0 bridgehead atoms. The summed E-state index contributed by atoms with van der Waals surface area (Å²) in [5.74, 6) is 0.428. The molecule has 0 fully saturated rings. The van der Waals surface area contributed by atoms with Gasteiger partial charge in [0, 0.05) is 0 Å². The number of hydrogen-bond donors (Lipinski definition) is 1. The molecule has 138 valence electrons. The predicted molar refractivity (Wildman–Crippen MR) is 95.3 cm³/mol. The van der Waals surface area contributed by atoms with E-state index in [1.807, 2.05) is 11.8 Å². The number of methoxy groups -OCH3 is 2. The first-order chi connectivity index (χ1) is 12.3. The second-order valence-electron chi connectivity index (χ2n) is 5.19. The standard InChI is InChI=1S/C16H17N3O6S/c1-11-4-6-13(7-5-11)26(22,23)18-17-10-12-8-15(24-2)16(25-3)9-14(12)19(20)21/h4-10,18H,1-3H3. The van der Waals surface area contributed by atoms with Crippen LogP contribution >= 0.6 is 0 Å². The van der Waals surface area contributed by atoms with E-state index < -0.39 is 14.9 Å². The summed E-state index contributed by atoms with van der Waals surface area (Å²) < 4.78 is 34.5. The Morgan fingerprint density at radius 2 is 1.69 bits per heavy atom. The van der Waals surface area contributed by atoms with Crippen LogP contribution in [0.3, 0.4) is 0 Å². The Hall–Kier alpha value is -3.14. The van der Waals surface area contributed by atoms with Gasteiger partial charge in [0.05, 0.1) is 41.9 Å². The van der Waals surface area contributed by atoms with Gasteiger partial charge < -0.3 is 9.47 Å². The summed E-state index contributed by atoms with van der Waals surface area (Å²) in [5, 5.41) is 14.8. The lowest BCUT2D eigenvalue weighted by atomic mass is 10.1. The zero-order valence-corrected chi connectivity index (χ0v) is 15.1. The number of rotatable bonds is 7. The monoisotopic (exact) mass is 379 g/mol. The summed E-state index contributed by atoms with van der Waals surface area (Å²) in [6.45, 7) is 1.83. The molecular weight excluding hydrogens is 362 g/mol. The quantitative estimate of drug-likeness (QED) is 0.447. The van der Waals surface area contributed by atoms with Gasteiger partial charge in [-0.05, 0) is 25.1 Å². The molecule has 0 aromatic heterocycles. The van der Waals surface area contributed by atoms with Crippen molar-refractivity contribution >= 4 is 21.9 Å². The number of ether oxygens (including phenoxy) is 2. The molecule has 0 spiro atoms. The van der Waals surface area contributed by atoms with Crippen LogP contribution < -0.4 is 14.3 Å². The van der Waals surface area contributed by atoms with E-state index in [9.17, 15) is 18.5 Å². The van der Waals surface area contributed by atoms with Crippen LogP contribution in [0.1, 0.15) is 11.1 Å². The molecule has 0 atom stereocenters. The van der Waals surface area contributed by atoms with Crippen LogP contribution in [0.4, 0.5) is 5.69 Å². The van der Waals surface area contributed by atoms with Crippen LogP contribution in [0.15, 0.2) is 46.4 Å². The van der Waals surface area contributed by atoms with E-state index in [0.29, 0.717) is 0 Å². The van der Waals surface area contributed by atoms with E-state index >= 15 is 0 Å². The van der Waals surface area contributed by atoms with Gasteiger partial charge in [-0.3, -0.25) is 10.1 Å². The van der Waals surface area contributed by atoms with Gasteiger partial charge in [-0.1, -0.05) is 17.7 Å². The molecule has 0 aliphatic heterocycles. The van der Waals surface area contributed by atoms with Crippen molar-refractivity contribution in [2.75, 3.05) is 14.2 Å². The van der Waals surface area contributed by atoms with Gasteiger partial charge in [-0.15, -0.1) is 0 Å². The third kappa shape index (κ3) is 4.28.